The summed E-state index contributed by atoms with van der Waals surface area (Å²) >= 11 is 12.6. The van der Waals surface area contributed by atoms with Crippen LogP contribution in [0.2, 0.25) is 10.0 Å². The zero-order valence-corrected chi connectivity index (χ0v) is 13.7. The van der Waals surface area contributed by atoms with Gasteiger partial charge in [0, 0.05) is 28.5 Å². The summed E-state index contributed by atoms with van der Waals surface area (Å²) in [4.78, 5) is 4.06. The van der Waals surface area contributed by atoms with E-state index in [1.807, 2.05) is 30.6 Å². The van der Waals surface area contributed by atoms with Gasteiger partial charge in [-0.2, -0.15) is 0 Å². The van der Waals surface area contributed by atoms with E-state index in [-0.39, 0.29) is 0 Å². The first-order valence-corrected chi connectivity index (χ1v) is 8.01. The fourth-order valence-corrected chi connectivity index (χ4v) is 2.89. The Balaban J connectivity index is 2.12. The maximum absolute atomic E-state index is 6.29. The van der Waals surface area contributed by atoms with E-state index in [1.165, 1.54) is 5.56 Å². The zero-order valence-electron chi connectivity index (χ0n) is 12.2. The van der Waals surface area contributed by atoms with Gasteiger partial charge in [0.05, 0.1) is 0 Å². The number of pyridine rings is 1. The van der Waals surface area contributed by atoms with Crippen LogP contribution in [0.15, 0.2) is 42.7 Å². The SMILES string of the molecule is CCCNC(Cc1ccncc1)Cc1c(Cl)cccc1Cl. The van der Waals surface area contributed by atoms with Crippen molar-refractivity contribution in [2.75, 3.05) is 6.54 Å². The predicted molar refractivity (Wildman–Crippen MR) is 90.2 cm³/mol. The van der Waals surface area contributed by atoms with Gasteiger partial charge in [0.2, 0.25) is 0 Å². The van der Waals surface area contributed by atoms with Crippen molar-refractivity contribution in [2.24, 2.45) is 0 Å². The van der Waals surface area contributed by atoms with Crippen molar-refractivity contribution in [2.45, 2.75) is 32.2 Å². The molecule has 0 saturated carbocycles. The maximum atomic E-state index is 6.29. The van der Waals surface area contributed by atoms with E-state index in [0.717, 1.165) is 41.4 Å². The van der Waals surface area contributed by atoms with Crippen LogP contribution in [0.5, 0.6) is 0 Å². The highest BCUT2D eigenvalue weighted by atomic mass is 35.5. The largest absolute Gasteiger partial charge is 0.313 e. The maximum Gasteiger partial charge on any atom is 0.0453 e. The van der Waals surface area contributed by atoms with E-state index in [0.29, 0.717) is 6.04 Å². The molecule has 0 spiro atoms. The molecule has 1 N–H and O–H groups in total. The van der Waals surface area contributed by atoms with Gasteiger partial charge in [-0.25, -0.2) is 0 Å². The lowest BCUT2D eigenvalue weighted by atomic mass is 9.99. The second-order valence-electron chi connectivity index (χ2n) is 5.11. The summed E-state index contributed by atoms with van der Waals surface area (Å²) in [6.45, 7) is 3.15. The van der Waals surface area contributed by atoms with Crippen molar-refractivity contribution in [3.8, 4) is 0 Å². The number of hydrogen-bond donors (Lipinski definition) is 1. The summed E-state index contributed by atoms with van der Waals surface area (Å²) < 4.78 is 0. The molecule has 0 saturated heterocycles. The molecule has 0 aliphatic heterocycles. The van der Waals surface area contributed by atoms with Crippen LogP contribution >= 0.6 is 23.2 Å². The van der Waals surface area contributed by atoms with Gasteiger partial charge in [0.1, 0.15) is 0 Å². The first kappa shape index (κ1) is 16.3. The van der Waals surface area contributed by atoms with Crippen LogP contribution in [-0.4, -0.2) is 17.6 Å². The van der Waals surface area contributed by atoms with E-state index >= 15 is 0 Å². The van der Waals surface area contributed by atoms with Crippen LogP contribution in [0, 0.1) is 0 Å². The number of nitrogens with zero attached hydrogens (tertiary/aromatic N) is 1. The monoisotopic (exact) mass is 322 g/mol. The number of aromatic nitrogens is 1. The molecule has 2 nitrogen and oxygen atoms in total. The quantitative estimate of drug-likeness (QED) is 0.809. The number of hydrogen-bond acceptors (Lipinski definition) is 2. The molecule has 4 heteroatoms. The summed E-state index contributed by atoms with van der Waals surface area (Å²) in [5, 5.41) is 5.06. The van der Waals surface area contributed by atoms with Gasteiger partial charge in [0.25, 0.3) is 0 Å². The van der Waals surface area contributed by atoms with Crippen molar-refractivity contribution >= 4 is 23.2 Å². The zero-order chi connectivity index (χ0) is 15.1. The van der Waals surface area contributed by atoms with Gasteiger partial charge in [-0.05, 0) is 61.2 Å². The number of benzene rings is 1. The first-order chi connectivity index (χ1) is 10.2. The number of rotatable bonds is 7. The molecule has 0 aliphatic rings. The molecule has 0 bridgehead atoms. The van der Waals surface area contributed by atoms with E-state index in [4.69, 9.17) is 23.2 Å². The molecule has 0 fully saturated rings. The highest BCUT2D eigenvalue weighted by Gasteiger charge is 2.14. The van der Waals surface area contributed by atoms with Crippen LogP contribution in [0.25, 0.3) is 0 Å². The Morgan fingerprint density at radius 3 is 2.33 bits per heavy atom. The lowest BCUT2D eigenvalue weighted by Gasteiger charge is -2.20. The minimum absolute atomic E-state index is 0.310. The second-order valence-corrected chi connectivity index (χ2v) is 5.93. The average Bonchev–Trinajstić information content (AvgIpc) is 2.49. The minimum atomic E-state index is 0.310. The Morgan fingerprint density at radius 1 is 1.05 bits per heavy atom. The third-order valence-corrected chi connectivity index (χ3v) is 4.13. The number of halogens is 2. The molecule has 21 heavy (non-hydrogen) atoms. The fourth-order valence-electron chi connectivity index (χ4n) is 2.34. The molecule has 2 aromatic rings. The van der Waals surface area contributed by atoms with Crippen LogP contribution in [0.4, 0.5) is 0 Å². The molecule has 1 aromatic carbocycles. The first-order valence-electron chi connectivity index (χ1n) is 7.26. The van der Waals surface area contributed by atoms with Gasteiger partial charge in [-0.15, -0.1) is 0 Å². The molecule has 0 radical (unpaired) electrons. The molecule has 112 valence electrons. The summed E-state index contributed by atoms with van der Waals surface area (Å²) in [7, 11) is 0. The van der Waals surface area contributed by atoms with Crippen molar-refractivity contribution < 1.29 is 0 Å². The van der Waals surface area contributed by atoms with Crippen LogP contribution in [0.3, 0.4) is 0 Å². The van der Waals surface area contributed by atoms with E-state index in [9.17, 15) is 0 Å². The topological polar surface area (TPSA) is 24.9 Å². The second kappa shape index (κ2) is 8.38. The molecule has 0 amide bonds. The number of nitrogens with one attached hydrogen (secondary N) is 1. The van der Waals surface area contributed by atoms with Gasteiger partial charge < -0.3 is 5.32 Å². The average molecular weight is 323 g/mol. The fraction of sp³-hybridized carbons (Fsp3) is 0.353. The van der Waals surface area contributed by atoms with E-state index < -0.39 is 0 Å². The highest BCUT2D eigenvalue weighted by molar-refractivity contribution is 6.36. The van der Waals surface area contributed by atoms with E-state index in [2.05, 4.69) is 29.4 Å². The standard InChI is InChI=1S/C17H20Cl2N2/c1-2-8-21-14(11-13-6-9-20-10-7-13)12-15-16(18)4-3-5-17(15)19/h3-7,9-10,14,21H,2,8,11-12H2,1H3. The molecular formula is C17H20Cl2N2. The van der Waals surface area contributed by atoms with Crippen molar-refractivity contribution in [1.82, 2.24) is 10.3 Å². The summed E-state index contributed by atoms with van der Waals surface area (Å²) in [5.74, 6) is 0. The Labute approximate surface area is 136 Å². The molecule has 1 heterocycles. The van der Waals surface area contributed by atoms with Gasteiger partial charge >= 0.3 is 0 Å². The lowest BCUT2D eigenvalue weighted by molar-refractivity contribution is 0.504. The smallest absolute Gasteiger partial charge is 0.0453 e. The summed E-state index contributed by atoms with van der Waals surface area (Å²) in [5.41, 5.74) is 2.28. The third-order valence-electron chi connectivity index (χ3n) is 3.43. The Hall–Kier alpha value is -1.09. The predicted octanol–water partition coefficient (Wildman–Crippen LogP) is 4.54. The lowest BCUT2D eigenvalue weighted by Crippen LogP contribution is -2.34. The van der Waals surface area contributed by atoms with Crippen molar-refractivity contribution in [3.63, 3.8) is 0 Å². The van der Waals surface area contributed by atoms with E-state index in [1.54, 1.807) is 0 Å². The minimum Gasteiger partial charge on any atom is -0.313 e. The molecule has 1 aromatic heterocycles. The summed E-state index contributed by atoms with van der Waals surface area (Å²) in [6.07, 6.45) is 6.51. The van der Waals surface area contributed by atoms with Gasteiger partial charge in [0.15, 0.2) is 0 Å². The Morgan fingerprint density at radius 2 is 1.71 bits per heavy atom. The van der Waals surface area contributed by atoms with Gasteiger partial charge in [-0.1, -0.05) is 36.2 Å². The molecule has 0 aliphatic carbocycles. The van der Waals surface area contributed by atoms with Crippen LogP contribution in [-0.2, 0) is 12.8 Å². The van der Waals surface area contributed by atoms with Crippen molar-refractivity contribution in [3.05, 3.63) is 63.9 Å². The molecular weight excluding hydrogens is 303 g/mol. The Kier molecular flexibility index (Phi) is 6.50. The van der Waals surface area contributed by atoms with Gasteiger partial charge in [-0.3, -0.25) is 4.98 Å². The van der Waals surface area contributed by atoms with Crippen LogP contribution in [0.1, 0.15) is 24.5 Å². The van der Waals surface area contributed by atoms with Crippen LogP contribution < -0.4 is 5.32 Å². The molecule has 2 rings (SSSR count). The normalized spacial score (nSPS) is 12.3. The highest BCUT2D eigenvalue weighted by Crippen LogP contribution is 2.26. The summed E-state index contributed by atoms with van der Waals surface area (Å²) in [6, 6.07) is 10.1. The Bertz CT molecular complexity index is 538. The van der Waals surface area contributed by atoms with Crippen molar-refractivity contribution in [1.29, 1.82) is 0 Å². The third kappa shape index (κ3) is 4.99. The molecule has 1 unspecified atom stereocenters. The molecule has 1 atom stereocenters.